The van der Waals surface area contributed by atoms with Gasteiger partial charge in [0.1, 0.15) is 6.04 Å². The molecule has 0 aromatic heterocycles. The van der Waals surface area contributed by atoms with E-state index in [1.165, 1.54) is 0 Å². The van der Waals surface area contributed by atoms with E-state index in [1.807, 2.05) is 37.3 Å². The molecule has 2 aromatic carbocycles. The van der Waals surface area contributed by atoms with E-state index >= 15 is 0 Å². The van der Waals surface area contributed by atoms with E-state index < -0.39 is 6.04 Å². The molecule has 0 aliphatic heterocycles. The normalized spacial score (nSPS) is 14.9. The molecule has 1 aliphatic rings. The van der Waals surface area contributed by atoms with Gasteiger partial charge in [0.2, 0.25) is 11.8 Å². The van der Waals surface area contributed by atoms with Crippen LogP contribution in [0.2, 0.25) is 10.0 Å². The third-order valence-corrected chi connectivity index (χ3v) is 6.66. The van der Waals surface area contributed by atoms with Crippen molar-refractivity contribution in [3.8, 4) is 0 Å². The van der Waals surface area contributed by atoms with Gasteiger partial charge in [0.25, 0.3) is 0 Å². The molecule has 2 aromatic rings. The Morgan fingerprint density at radius 2 is 1.68 bits per heavy atom. The summed E-state index contributed by atoms with van der Waals surface area (Å²) in [6, 6.07) is 14.8. The molecule has 4 nitrogen and oxygen atoms in total. The Hall–Kier alpha value is -2.04. The fourth-order valence-electron chi connectivity index (χ4n) is 4.18. The van der Waals surface area contributed by atoms with E-state index in [9.17, 15) is 9.59 Å². The fraction of sp³-hybridized carbons (Fsp3) is 0.440. The summed E-state index contributed by atoms with van der Waals surface area (Å²) in [5.74, 6) is -0.168. The van der Waals surface area contributed by atoms with Crippen LogP contribution in [0.1, 0.15) is 56.6 Å². The second kappa shape index (κ2) is 11.5. The highest BCUT2D eigenvalue weighted by Gasteiger charge is 2.31. The number of benzene rings is 2. The smallest absolute Gasteiger partial charge is 0.243 e. The highest BCUT2D eigenvalue weighted by atomic mass is 35.5. The maximum atomic E-state index is 13.3. The first-order valence-electron chi connectivity index (χ1n) is 11.1. The van der Waals surface area contributed by atoms with Crippen molar-refractivity contribution in [3.05, 3.63) is 69.7 Å². The van der Waals surface area contributed by atoms with Crippen LogP contribution >= 0.6 is 23.2 Å². The minimum atomic E-state index is -0.559. The molecule has 0 bridgehead atoms. The zero-order chi connectivity index (χ0) is 22.2. The van der Waals surface area contributed by atoms with Gasteiger partial charge >= 0.3 is 0 Å². The first-order chi connectivity index (χ1) is 15.0. The van der Waals surface area contributed by atoms with Crippen molar-refractivity contribution in [2.45, 2.75) is 70.5 Å². The molecule has 0 unspecified atom stereocenters. The van der Waals surface area contributed by atoms with Crippen molar-refractivity contribution in [1.29, 1.82) is 0 Å². The summed E-state index contributed by atoms with van der Waals surface area (Å²) < 4.78 is 0. The molecular formula is C25H30Cl2N2O2. The monoisotopic (exact) mass is 460 g/mol. The molecule has 0 saturated heterocycles. The second-order valence-electron chi connectivity index (χ2n) is 8.12. The van der Waals surface area contributed by atoms with E-state index in [1.54, 1.807) is 23.1 Å². The third-order valence-electron chi connectivity index (χ3n) is 5.95. The predicted molar refractivity (Wildman–Crippen MR) is 126 cm³/mol. The second-order valence-corrected chi connectivity index (χ2v) is 8.94. The molecule has 31 heavy (non-hydrogen) atoms. The number of rotatable bonds is 9. The average Bonchev–Trinajstić information content (AvgIpc) is 3.27. The highest BCUT2D eigenvalue weighted by molar-refractivity contribution is 6.36. The highest BCUT2D eigenvalue weighted by Crippen LogP contribution is 2.27. The number of amides is 2. The molecule has 1 N–H and O–H groups in total. The zero-order valence-electron chi connectivity index (χ0n) is 17.9. The van der Waals surface area contributed by atoms with Crippen LogP contribution < -0.4 is 5.32 Å². The quantitative estimate of drug-likeness (QED) is 0.514. The van der Waals surface area contributed by atoms with Crippen molar-refractivity contribution in [2.75, 3.05) is 0 Å². The lowest BCUT2D eigenvalue weighted by Crippen LogP contribution is -2.51. The Balaban J connectivity index is 1.80. The fourth-order valence-corrected chi connectivity index (χ4v) is 4.70. The van der Waals surface area contributed by atoms with E-state index in [0.717, 1.165) is 31.2 Å². The Morgan fingerprint density at radius 1 is 1.03 bits per heavy atom. The summed E-state index contributed by atoms with van der Waals surface area (Å²) in [6.07, 6.45) is 5.73. The van der Waals surface area contributed by atoms with Crippen molar-refractivity contribution in [3.63, 3.8) is 0 Å². The van der Waals surface area contributed by atoms with Gasteiger partial charge in [0, 0.05) is 34.6 Å². The number of nitrogens with zero attached hydrogens (tertiary/aromatic N) is 1. The first-order valence-corrected chi connectivity index (χ1v) is 11.8. The van der Waals surface area contributed by atoms with Gasteiger partial charge in [-0.15, -0.1) is 0 Å². The lowest BCUT2D eigenvalue weighted by atomic mass is 10.1. The SMILES string of the molecule is CC[C@@H](C(=O)NC1CCCC1)N(Cc1c(Cl)cccc1Cl)C(=O)CCc1ccccc1. The number of carbonyl (C=O) groups is 2. The van der Waals surface area contributed by atoms with Gasteiger partial charge in [-0.05, 0) is 43.4 Å². The molecule has 0 heterocycles. The van der Waals surface area contributed by atoms with Crippen LogP contribution in [0.3, 0.4) is 0 Å². The van der Waals surface area contributed by atoms with Gasteiger partial charge in [-0.1, -0.05) is 79.4 Å². The molecule has 6 heteroatoms. The van der Waals surface area contributed by atoms with Crippen LogP contribution in [-0.4, -0.2) is 28.8 Å². The van der Waals surface area contributed by atoms with E-state index in [-0.39, 0.29) is 24.4 Å². The van der Waals surface area contributed by atoms with Crippen LogP contribution in [-0.2, 0) is 22.6 Å². The molecular weight excluding hydrogens is 431 g/mol. The van der Waals surface area contributed by atoms with Gasteiger partial charge < -0.3 is 10.2 Å². The standard InChI is InChI=1S/C25H30Cl2N2O2/c1-2-23(25(31)28-19-11-6-7-12-19)29(17-20-21(26)13-8-14-22(20)27)24(30)16-15-18-9-4-3-5-10-18/h3-5,8-10,13-14,19,23H,2,6-7,11-12,15-17H2,1H3,(H,28,31)/t23-/m0/s1. The number of nitrogens with one attached hydrogen (secondary N) is 1. The Bertz CT molecular complexity index is 862. The molecule has 1 saturated carbocycles. The third kappa shape index (κ3) is 6.47. The number of carbonyl (C=O) groups excluding carboxylic acids is 2. The molecule has 166 valence electrons. The largest absolute Gasteiger partial charge is 0.352 e. The van der Waals surface area contributed by atoms with Crippen molar-refractivity contribution in [1.82, 2.24) is 10.2 Å². The Labute approximate surface area is 194 Å². The van der Waals surface area contributed by atoms with Gasteiger partial charge in [-0.25, -0.2) is 0 Å². The van der Waals surface area contributed by atoms with Crippen LogP contribution in [0.15, 0.2) is 48.5 Å². The summed E-state index contributed by atoms with van der Waals surface area (Å²) in [4.78, 5) is 28.1. The summed E-state index contributed by atoms with van der Waals surface area (Å²) >= 11 is 12.8. The van der Waals surface area contributed by atoms with Crippen LogP contribution in [0.25, 0.3) is 0 Å². The molecule has 3 rings (SSSR count). The average molecular weight is 461 g/mol. The van der Waals surface area contributed by atoms with Gasteiger partial charge in [0.15, 0.2) is 0 Å². The molecule has 1 aliphatic carbocycles. The summed E-state index contributed by atoms with van der Waals surface area (Å²) in [7, 11) is 0. The predicted octanol–water partition coefficient (Wildman–Crippen LogP) is 5.79. The van der Waals surface area contributed by atoms with Gasteiger partial charge in [-0.2, -0.15) is 0 Å². The zero-order valence-corrected chi connectivity index (χ0v) is 19.5. The maximum absolute atomic E-state index is 13.3. The van der Waals surface area contributed by atoms with Gasteiger partial charge in [0.05, 0.1) is 0 Å². The molecule has 2 amide bonds. The van der Waals surface area contributed by atoms with E-state index in [0.29, 0.717) is 34.9 Å². The lowest BCUT2D eigenvalue weighted by molar-refractivity contribution is -0.141. The van der Waals surface area contributed by atoms with Gasteiger partial charge in [-0.3, -0.25) is 9.59 Å². The summed E-state index contributed by atoms with van der Waals surface area (Å²) in [5.41, 5.74) is 1.76. The Kier molecular flexibility index (Phi) is 8.79. The number of hydrogen-bond acceptors (Lipinski definition) is 2. The minimum Gasteiger partial charge on any atom is -0.352 e. The van der Waals surface area contributed by atoms with E-state index in [2.05, 4.69) is 5.32 Å². The number of halogens is 2. The summed E-state index contributed by atoms with van der Waals surface area (Å²) in [6.45, 7) is 2.15. The molecule has 1 fully saturated rings. The maximum Gasteiger partial charge on any atom is 0.243 e. The first kappa shape index (κ1) is 23.6. The molecule has 0 radical (unpaired) electrons. The van der Waals surface area contributed by atoms with Crippen LogP contribution in [0, 0.1) is 0 Å². The van der Waals surface area contributed by atoms with E-state index in [4.69, 9.17) is 23.2 Å². The van der Waals surface area contributed by atoms with Crippen molar-refractivity contribution >= 4 is 35.0 Å². The molecule has 0 spiro atoms. The number of hydrogen-bond donors (Lipinski definition) is 1. The Morgan fingerprint density at radius 3 is 2.29 bits per heavy atom. The van der Waals surface area contributed by atoms with Crippen molar-refractivity contribution < 1.29 is 9.59 Å². The van der Waals surface area contributed by atoms with Crippen molar-refractivity contribution in [2.24, 2.45) is 0 Å². The van der Waals surface area contributed by atoms with Crippen LogP contribution in [0.5, 0.6) is 0 Å². The minimum absolute atomic E-state index is 0.0757. The van der Waals surface area contributed by atoms with Crippen LogP contribution in [0.4, 0.5) is 0 Å². The topological polar surface area (TPSA) is 49.4 Å². The molecule has 1 atom stereocenters. The summed E-state index contributed by atoms with van der Waals surface area (Å²) in [5, 5.41) is 4.15. The lowest BCUT2D eigenvalue weighted by Gasteiger charge is -2.32. The number of aryl methyl sites for hydroxylation is 1.